The third kappa shape index (κ3) is 2.61. The van der Waals surface area contributed by atoms with E-state index in [1.807, 2.05) is 6.07 Å². The predicted octanol–water partition coefficient (Wildman–Crippen LogP) is 2.25. The maximum Gasteiger partial charge on any atom is 0.175 e. The molecule has 3 heteroatoms. The molecule has 0 saturated carbocycles. The molecule has 2 rings (SSSR count). The SMILES string of the molecule is CC(=O)C(C(=O)c1ccccc1)C1CCCO1. The van der Waals surface area contributed by atoms with Gasteiger partial charge in [-0.1, -0.05) is 30.3 Å². The van der Waals surface area contributed by atoms with Gasteiger partial charge in [0.25, 0.3) is 0 Å². The van der Waals surface area contributed by atoms with Crippen molar-refractivity contribution in [3.05, 3.63) is 35.9 Å². The van der Waals surface area contributed by atoms with Crippen molar-refractivity contribution in [1.29, 1.82) is 0 Å². The Labute approximate surface area is 101 Å². The molecule has 1 aliphatic rings. The fraction of sp³-hybridized carbons (Fsp3) is 0.429. The summed E-state index contributed by atoms with van der Waals surface area (Å²) in [6, 6.07) is 8.95. The molecule has 0 amide bonds. The van der Waals surface area contributed by atoms with Crippen LogP contribution in [0.2, 0.25) is 0 Å². The maximum absolute atomic E-state index is 12.3. The Kier molecular flexibility index (Phi) is 3.69. The minimum Gasteiger partial charge on any atom is -0.377 e. The largest absolute Gasteiger partial charge is 0.377 e. The summed E-state index contributed by atoms with van der Waals surface area (Å²) in [5.74, 6) is -0.865. The van der Waals surface area contributed by atoms with E-state index in [2.05, 4.69) is 0 Å². The van der Waals surface area contributed by atoms with Gasteiger partial charge in [-0.25, -0.2) is 0 Å². The van der Waals surface area contributed by atoms with Gasteiger partial charge in [0.1, 0.15) is 11.7 Å². The second-order valence-electron chi connectivity index (χ2n) is 4.37. The molecule has 17 heavy (non-hydrogen) atoms. The number of hydrogen-bond acceptors (Lipinski definition) is 3. The molecule has 3 nitrogen and oxygen atoms in total. The van der Waals surface area contributed by atoms with Crippen molar-refractivity contribution < 1.29 is 14.3 Å². The zero-order chi connectivity index (χ0) is 12.3. The van der Waals surface area contributed by atoms with Gasteiger partial charge in [-0.2, -0.15) is 0 Å². The van der Waals surface area contributed by atoms with Crippen molar-refractivity contribution >= 4 is 11.6 Å². The molecule has 0 N–H and O–H groups in total. The van der Waals surface area contributed by atoms with Gasteiger partial charge in [0.2, 0.25) is 0 Å². The van der Waals surface area contributed by atoms with E-state index < -0.39 is 5.92 Å². The van der Waals surface area contributed by atoms with Gasteiger partial charge in [-0.05, 0) is 19.8 Å². The molecular weight excluding hydrogens is 216 g/mol. The van der Waals surface area contributed by atoms with Crippen LogP contribution in [0.1, 0.15) is 30.1 Å². The van der Waals surface area contributed by atoms with Gasteiger partial charge in [-0.3, -0.25) is 9.59 Å². The van der Waals surface area contributed by atoms with Gasteiger partial charge >= 0.3 is 0 Å². The number of Topliss-reactive ketones (excluding diaryl/α,β-unsaturated/α-hetero) is 2. The van der Waals surface area contributed by atoms with Crippen molar-refractivity contribution in [2.75, 3.05) is 6.61 Å². The predicted molar refractivity (Wildman–Crippen MR) is 63.9 cm³/mol. The number of carbonyl (C=O) groups is 2. The quantitative estimate of drug-likeness (QED) is 0.590. The Bertz CT molecular complexity index is 405. The van der Waals surface area contributed by atoms with Crippen LogP contribution in [0.25, 0.3) is 0 Å². The van der Waals surface area contributed by atoms with Crippen molar-refractivity contribution in [2.24, 2.45) is 5.92 Å². The maximum atomic E-state index is 12.3. The van der Waals surface area contributed by atoms with E-state index in [1.165, 1.54) is 6.92 Å². The second kappa shape index (κ2) is 5.23. The van der Waals surface area contributed by atoms with Crippen molar-refractivity contribution in [1.82, 2.24) is 0 Å². The topological polar surface area (TPSA) is 43.4 Å². The van der Waals surface area contributed by atoms with Crippen LogP contribution in [-0.4, -0.2) is 24.3 Å². The monoisotopic (exact) mass is 232 g/mol. The molecule has 1 aromatic rings. The van der Waals surface area contributed by atoms with Crippen LogP contribution in [-0.2, 0) is 9.53 Å². The third-order valence-corrected chi connectivity index (χ3v) is 3.12. The highest BCUT2D eigenvalue weighted by atomic mass is 16.5. The zero-order valence-electron chi connectivity index (χ0n) is 9.89. The van der Waals surface area contributed by atoms with E-state index in [9.17, 15) is 9.59 Å². The summed E-state index contributed by atoms with van der Waals surface area (Å²) in [5, 5.41) is 0. The van der Waals surface area contributed by atoms with E-state index >= 15 is 0 Å². The van der Waals surface area contributed by atoms with Gasteiger partial charge < -0.3 is 4.74 Å². The average Bonchev–Trinajstić information content (AvgIpc) is 2.83. The lowest BCUT2D eigenvalue weighted by molar-refractivity contribution is -0.122. The number of carbonyl (C=O) groups excluding carboxylic acids is 2. The normalized spacial score (nSPS) is 21.1. The van der Waals surface area contributed by atoms with Crippen LogP contribution < -0.4 is 0 Å². The van der Waals surface area contributed by atoms with Crippen LogP contribution in [0.5, 0.6) is 0 Å². The summed E-state index contributed by atoms with van der Waals surface area (Å²) in [6.07, 6.45) is 1.49. The summed E-state index contributed by atoms with van der Waals surface area (Å²) in [6.45, 7) is 2.11. The Morgan fingerprint density at radius 3 is 2.53 bits per heavy atom. The van der Waals surface area contributed by atoms with E-state index in [1.54, 1.807) is 24.3 Å². The lowest BCUT2D eigenvalue weighted by Gasteiger charge is -2.19. The van der Waals surface area contributed by atoms with Crippen molar-refractivity contribution in [3.8, 4) is 0 Å². The first-order valence-corrected chi connectivity index (χ1v) is 5.91. The minimum absolute atomic E-state index is 0.106. The molecule has 2 atom stereocenters. The van der Waals surface area contributed by atoms with E-state index in [0.29, 0.717) is 12.2 Å². The lowest BCUT2D eigenvalue weighted by Crippen LogP contribution is -2.33. The van der Waals surface area contributed by atoms with Gasteiger partial charge in [0.05, 0.1) is 6.10 Å². The molecule has 1 aliphatic heterocycles. The third-order valence-electron chi connectivity index (χ3n) is 3.12. The molecule has 1 aromatic carbocycles. The first kappa shape index (κ1) is 12.0. The van der Waals surface area contributed by atoms with Gasteiger partial charge in [0.15, 0.2) is 5.78 Å². The average molecular weight is 232 g/mol. The molecule has 1 heterocycles. The molecule has 1 fully saturated rings. The highest BCUT2D eigenvalue weighted by Crippen LogP contribution is 2.24. The number of benzene rings is 1. The summed E-state index contributed by atoms with van der Waals surface area (Å²) >= 11 is 0. The number of hydrogen-bond donors (Lipinski definition) is 0. The van der Waals surface area contributed by atoms with E-state index in [-0.39, 0.29) is 17.7 Å². The minimum atomic E-state index is -0.639. The Balaban J connectivity index is 2.22. The number of ether oxygens (including phenoxy) is 1. The lowest BCUT2D eigenvalue weighted by atomic mass is 9.88. The van der Waals surface area contributed by atoms with Crippen molar-refractivity contribution in [3.63, 3.8) is 0 Å². The van der Waals surface area contributed by atoms with Crippen LogP contribution in [0.4, 0.5) is 0 Å². The van der Waals surface area contributed by atoms with E-state index in [0.717, 1.165) is 12.8 Å². The van der Waals surface area contributed by atoms with Crippen LogP contribution >= 0.6 is 0 Å². The Morgan fingerprint density at radius 2 is 2.00 bits per heavy atom. The first-order chi connectivity index (χ1) is 8.20. The Hall–Kier alpha value is -1.48. The highest BCUT2D eigenvalue weighted by molar-refractivity contribution is 6.10. The highest BCUT2D eigenvalue weighted by Gasteiger charge is 2.35. The molecule has 2 unspecified atom stereocenters. The molecule has 0 aliphatic carbocycles. The number of rotatable bonds is 4. The van der Waals surface area contributed by atoms with Crippen LogP contribution in [0.15, 0.2) is 30.3 Å². The van der Waals surface area contributed by atoms with Gasteiger partial charge in [-0.15, -0.1) is 0 Å². The standard InChI is InChI=1S/C14H16O3/c1-10(15)13(12-8-5-9-17-12)14(16)11-6-3-2-4-7-11/h2-4,6-7,12-13H,5,8-9H2,1H3. The first-order valence-electron chi connectivity index (χ1n) is 5.91. The van der Waals surface area contributed by atoms with Crippen LogP contribution in [0, 0.1) is 5.92 Å². The molecule has 0 spiro atoms. The Morgan fingerprint density at radius 1 is 1.29 bits per heavy atom. The summed E-state index contributed by atoms with van der Waals surface area (Å²) in [5.41, 5.74) is 0.586. The second-order valence-corrected chi connectivity index (χ2v) is 4.37. The molecule has 0 radical (unpaired) electrons. The fourth-order valence-electron chi connectivity index (χ4n) is 2.26. The molecule has 90 valence electrons. The summed E-state index contributed by atoms with van der Waals surface area (Å²) in [7, 11) is 0. The summed E-state index contributed by atoms with van der Waals surface area (Å²) < 4.78 is 5.48. The fourth-order valence-corrected chi connectivity index (χ4v) is 2.26. The molecule has 0 bridgehead atoms. The summed E-state index contributed by atoms with van der Waals surface area (Å²) in [4.78, 5) is 23.9. The van der Waals surface area contributed by atoms with E-state index in [4.69, 9.17) is 4.74 Å². The zero-order valence-corrected chi connectivity index (χ0v) is 9.89. The molecular formula is C14H16O3. The van der Waals surface area contributed by atoms with Gasteiger partial charge in [0, 0.05) is 12.2 Å². The van der Waals surface area contributed by atoms with Crippen LogP contribution in [0.3, 0.4) is 0 Å². The van der Waals surface area contributed by atoms with Crippen molar-refractivity contribution in [2.45, 2.75) is 25.9 Å². The molecule has 1 saturated heterocycles. The number of ketones is 2. The smallest absolute Gasteiger partial charge is 0.175 e. The molecule has 0 aromatic heterocycles.